The molecule has 0 aliphatic carbocycles. The van der Waals surface area contributed by atoms with E-state index in [-0.39, 0.29) is 22.0 Å². The Morgan fingerprint density at radius 3 is 2.42 bits per heavy atom. The van der Waals surface area contributed by atoms with Crippen LogP contribution in [0.2, 0.25) is 5.02 Å². The normalized spacial score (nSPS) is 11.0. The third-order valence-corrected chi connectivity index (χ3v) is 4.46. The minimum absolute atomic E-state index is 0.0471. The third-order valence-electron chi connectivity index (χ3n) is 3.22. The van der Waals surface area contributed by atoms with Crippen LogP contribution in [-0.4, -0.2) is 26.9 Å². The van der Waals surface area contributed by atoms with Gasteiger partial charge in [-0.05, 0) is 35.9 Å². The van der Waals surface area contributed by atoms with Crippen molar-refractivity contribution in [2.75, 3.05) is 6.61 Å². The van der Waals surface area contributed by atoms with Gasteiger partial charge in [-0.25, -0.2) is 22.7 Å². The molecule has 26 heavy (non-hydrogen) atoms. The first-order valence-corrected chi connectivity index (χ1v) is 9.10. The molecular weight excluding hydrogens is 387 g/mol. The standard InChI is InChI=1S/C16H14ClFN2O5S/c17-14-6-5-12(26(19,23)24)7-13(14)16(22)25-9-15(21)20-8-10-1-3-11(18)4-2-10/h1-7H,8-9H2,(H,20,21)(H2,19,23,24). The first kappa shape index (κ1) is 19.8. The largest absolute Gasteiger partial charge is 0.452 e. The number of primary sulfonamides is 1. The summed E-state index contributed by atoms with van der Waals surface area (Å²) < 4.78 is 40.2. The van der Waals surface area contributed by atoms with E-state index < -0.39 is 34.3 Å². The van der Waals surface area contributed by atoms with E-state index in [0.29, 0.717) is 5.56 Å². The van der Waals surface area contributed by atoms with Crippen molar-refractivity contribution in [3.63, 3.8) is 0 Å². The molecule has 0 aliphatic rings. The fourth-order valence-corrected chi connectivity index (χ4v) is 2.64. The number of ether oxygens (including phenoxy) is 1. The van der Waals surface area contributed by atoms with E-state index in [1.54, 1.807) is 0 Å². The van der Waals surface area contributed by atoms with Crippen LogP contribution in [0.15, 0.2) is 47.4 Å². The van der Waals surface area contributed by atoms with Gasteiger partial charge in [-0.3, -0.25) is 4.79 Å². The van der Waals surface area contributed by atoms with Gasteiger partial charge < -0.3 is 10.1 Å². The first-order valence-electron chi connectivity index (χ1n) is 7.17. The molecule has 0 saturated heterocycles. The van der Waals surface area contributed by atoms with Crippen LogP contribution in [-0.2, 0) is 26.1 Å². The average molecular weight is 401 g/mol. The van der Waals surface area contributed by atoms with E-state index in [0.717, 1.165) is 12.1 Å². The summed E-state index contributed by atoms with van der Waals surface area (Å²) in [5.41, 5.74) is 0.430. The summed E-state index contributed by atoms with van der Waals surface area (Å²) in [6.45, 7) is -0.478. The zero-order chi connectivity index (χ0) is 19.3. The Hall–Kier alpha value is -2.49. The molecule has 0 bridgehead atoms. The lowest BCUT2D eigenvalue weighted by molar-refractivity contribution is -0.124. The highest BCUT2D eigenvalue weighted by molar-refractivity contribution is 7.89. The summed E-state index contributed by atoms with van der Waals surface area (Å²) in [7, 11) is -4.02. The van der Waals surface area contributed by atoms with Crippen molar-refractivity contribution < 1.29 is 27.1 Å². The van der Waals surface area contributed by atoms with Crippen molar-refractivity contribution in [1.82, 2.24) is 5.32 Å². The van der Waals surface area contributed by atoms with Gasteiger partial charge in [0.15, 0.2) is 6.61 Å². The predicted octanol–water partition coefficient (Wildman–Crippen LogP) is 1.60. The molecule has 0 saturated carbocycles. The zero-order valence-electron chi connectivity index (χ0n) is 13.2. The van der Waals surface area contributed by atoms with Gasteiger partial charge in [-0.15, -0.1) is 0 Å². The van der Waals surface area contributed by atoms with Gasteiger partial charge in [-0.2, -0.15) is 0 Å². The van der Waals surface area contributed by atoms with Gasteiger partial charge in [0, 0.05) is 6.54 Å². The highest BCUT2D eigenvalue weighted by Gasteiger charge is 2.18. The molecule has 0 spiro atoms. The molecule has 0 heterocycles. The molecule has 138 valence electrons. The minimum Gasteiger partial charge on any atom is -0.452 e. The molecule has 0 fully saturated rings. The quantitative estimate of drug-likeness (QED) is 0.714. The van der Waals surface area contributed by atoms with Gasteiger partial charge in [-0.1, -0.05) is 23.7 Å². The molecule has 0 aromatic heterocycles. The van der Waals surface area contributed by atoms with Crippen LogP contribution in [0, 0.1) is 5.82 Å². The Bertz CT molecular complexity index is 932. The number of nitrogens with two attached hydrogens (primary N) is 1. The molecule has 2 aromatic rings. The number of benzene rings is 2. The van der Waals surface area contributed by atoms with Crippen molar-refractivity contribution in [1.29, 1.82) is 0 Å². The van der Waals surface area contributed by atoms with Crippen LogP contribution in [0.3, 0.4) is 0 Å². The summed E-state index contributed by atoms with van der Waals surface area (Å²) in [4.78, 5) is 23.4. The van der Waals surface area contributed by atoms with Crippen molar-refractivity contribution >= 4 is 33.5 Å². The third kappa shape index (κ3) is 5.51. The molecule has 0 aliphatic heterocycles. The molecule has 0 atom stereocenters. The summed E-state index contributed by atoms with van der Waals surface area (Å²) in [6.07, 6.45) is 0. The number of nitrogens with one attached hydrogen (secondary N) is 1. The summed E-state index contributed by atoms with van der Waals surface area (Å²) in [6, 6.07) is 8.80. The smallest absolute Gasteiger partial charge is 0.340 e. The maximum Gasteiger partial charge on any atom is 0.340 e. The van der Waals surface area contributed by atoms with Gasteiger partial charge in [0.05, 0.1) is 15.5 Å². The first-order chi connectivity index (χ1) is 12.2. The maximum atomic E-state index is 12.8. The fraction of sp³-hybridized carbons (Fsp3) is 0.125. The average Bonchev–Trinajstić information content (AvgIpc) is 2.58. The predicted molar refractivity (Wildman–Crippen MR) is 91.4 cm³/mol. The highest BCUT2D eigenvalue weighted by Crippen LogP contribution is 2.20. The number of hydrogen-bond acceptors (Lipinski definition) is 5. The van der Waals surface area contributed by atoms with E-state index in [9.17, 15) is 22.4 Å². The molecule has 10 heteroatoms. The fourth-order valence-electron chi connectivity index (χ4n) is 1.90. The molecule has 7 nitrogen and oxygen atoms in total. The molecule has 3 N–H and O–H groups in total. The van der Waals surface area contributed by atoms with Crippen LogP contribution < -0.4 is 10.5 Å². The summed E-state index contributed by atoms with van der Waals surface area (Å²) in [5, 5.41) is 7.43. The molecule has 2 aromatic carbocycles. The number of carbonyl (C=O) groups excluding carboxylic acids is 2. The second-order valence-corrected chi connectivity index (χ2v) is 7.13. The van der Waals surface area contributed by atoms with Gasteiger partial charge in [0.25, 0.3) is 5.91 Å². The van der Waals surface area contributed by atoms with E-state index >= 15 is 0 Å². The Morgan fingerprint density at radius 1 is 1.15 bits per heavy atom. The summed E-state index contributed by atoms with van der Waals surface area (Å²) >= 11 is 5.84. The highest BCUT2D eigenvalue weighted by atomic mass is 35.5. The number of amides is 1. The molecular formula is C16H14ClFN2O5S. The van der Waals surface area contributed by atoms with Crippen molar-refractivity contribution in [3.05, 3.63) is 64.4 Å². The molecule has 2 rings (SSSR count). The number of hydrogen-bond donors (Lipinski definition) is 2. The van der Waals surface area contributed by atoms with Crippen LogP contribution in [0.5, 0.6) is 0 Å². The number of rotatable bonds is 6. The Balaban J connectivity index is 1.93. The lowest BCUT2D eigenvalue weighted by Gasteiger charge is -2.08. The molecule has 0 unspecified atom stereocenters. The number of halogens is 2. The number of sulfonamides is 1. The van der Waals surface area contributed by atoms with Gasteiger partial charge in [0.2, 0.25) is 10.0 Å². The minimum atomic E-state index is -4.02. The molecule has 0 radical (unpaired) electrons. The zero-order valence-corrected chi connectivity index (χ0v) is 14.8. The van der Waals surface area contributed by atoms with E-state index in [2.05, 4.69) is 5.32 Å². The number of esters is 1. The monoisotopic (exact) mass is 400 g/mol. The van der Waals surface area contributed by atoms with Crippen LogP contribution in [0.4, 0.5) is 4.39 Å². The van der Waals surface area contributed by atoms with Crippen LogP contribution >= 0.6 is 11.6 Å². The lowest BCUT2D eigenvalue weighted by atomic mass is 10.2. The number of carbonyl (C=O) groups is 2. The topological polar surface area (TPSA) is 116 Å². The van der Waals surface area contributed by atoms with Gasteiger partial charge >= 0.3 is 5.97 Å². The van der Waals surface area contributed by atoms with E-state index in [1.165, 1.54) is 30.3 Å². The van der Waals surface area contributed by atoms with Crippen molar-refractivity contribution in [3.8, 4) is 0 Å². The Morgan fingerprint density at radius 2 is 1.81 bits per heavy atom. The molecule has 1 amide bonds. The van der Waals surface area contributed by atoms with Crippen molar-refractivity contribution in [2.24, 2.45) is 5.14 Å². The summed E-state index contributed by atoms with van der Waals surface area (Å²) in [5.74, 6) is -1.97. The lowest BCUT2D eigenvalue weighted by Crippen LogP contribution is -2.28. The maximum absolute atomic E-state index is 12.8. The SMILES string of the molecule is NS(=O)(=O)c1ccc(Cl)c(C(=O)OCC(=O)NCc2ccc(F)cc2)c1. The van der Waals surface area contributed by atoms with Crippen molar-refractivity contribution in [2.45, 2.75) is 11.4 Å². The van der Waals surface area contributed by atoms with E-state index in [1.807, 2.05) is 0 Å². The van der Waals surface area contributed by atoms with Crippen LogP contribution in [0.1, 0.15) is 15.9 Å². The Kier molecular flexibility index (Phi) is 6.30. The van der Waals surface area contributed by atoms with Gasteiger partial charge in [0.1, 0.15) is 5.82 Å². The Labute approximate surface area is 154 Å². The van der Waals surface area contributed by atoms with Crippen LogP contribution in [0.25, 0.3) is 0 Å². The second-order valence-electron chi connectivity index (χ2n) is 5.17. The van der Waals surface area contributed by atoms with E-state index in [4.69, 9.17) is 21.5 Å². The second kappa shape index (κ2) is 8.26.